The van der Waals surface area contributed by atoms with Crippen molar-refractivity contribution in [3.63, 3.8) is 0 Å². The highest BCUT2D eigenvalue weighted by molar-refractivity contribution is 4.63. The lowest BCUT2D eigenvalue weighted by Gasteiger charge is -2.22. The molecule has 0 aromatic heterocycles. The highest BCUT2D eigenvalue weighted by Gasteiger charge is 2.14. The van der Waals surface area contributed by atoms with E-state index in [0.29, 0.717) is 6.61 Å². The molecule has 182 valence electrons. The van der Waals surface area contributed by atoms with Crippen LogP contribution in [0.4, 0.5) is 0 Å². The summed E-state index contributed by atoms with van der Waals surface area (Å²) in [6.45, 7) is 9.61. The average Bonchev–Trinajstić information content (AvgIpc) is 2.73. The number of nitrogens with one attached hydrogen (secondary N) is 1. The molecule has 0 saturated heterocycles. The zero-order chi connectivity index (χ0) is 22.3. The molecule has 0 heterocycles. The monoisotopic (exact) mass is 431 g/mol. The van der Waals surface area contributed by atoms with Gasteiger partial charge < -0.3 is 24.6 Å². The van der Waals surface area contributed by atoms with E-state index in [1.165, 1.54) is 38.5 Å². The number of hydrogen-bond acceptors (Lipinski definition) is 5. The summed E-state index contributed by atoms with van der Waals surface area (Å²) in [7, 11) is 1.96. The topological polar surface area (TPSA) is 60.0 Å². The van der Waals surface area contributed by atoms with Gasteiger partial charge in [-0.15, -0.1) is 0 Å². The molecule has 0 bridgehead atoms. The smallest absolute Gasteiger partial charge is 0.154 e. The zero-order valence-electron chi connectivity index (χ0n) is 20.6. The average molecular weight is 432 g/mol. The number of ether oxygens (including phenoxy) is 3. The number of hydrogen-bond donors (Lipinski definition) is 2. The van der Waals surface area contributed by atoms with Crippen LogP contribution < -0.4 is 5.32 Å². The van der Waals surface area contributed by atoms with Crippen LogP contribution in [0, 0.1) is 0 Å². The van der Waals surface area contributed by atoms with Crippen LogP contribution in [-0.4, -0.2) is 57.0 Å². The third-order valence-electron chi connectivity index (χ3n) is 5.56. The summed E-state index contributed by atoms with van der Waals surface area (Å²) in [6, 6.07) is 0. The summed E-state index contributed by atoms with van der Waals surface area (Å²) in [4.78, 5) is 0. The molecular weight excluding hydrogens is 378 g/mol. The molecule has 0 fully saturated rings. The van der Waals surface area contributed by atoms with Gasteiger partial charge in [0.15, 0.2) is 6.29 Å². The fourth-order valence-electron chi connectivity index (χ4n) is 3.55. The molecular formula is C25H53NO4. The first-order chi connectivity index (χ1) is 14.7. The maximum absolute atomic E-state index is 9.97. The molecule has 0 aromatic rings. The van der Waals surface area contributed by atoms with Crippen LogP contribution in [0.5, 0.6) is 0 Å². The van der Waals surface area contributed by atoms with Crippen molar-refractivity contribution in [3.05, 3.63) is 0 Å². The van der Waals surface area contributed by atoms with Gasteiger partial charge in [-0.3, -0.25) is 0 Å². The molecule has 3 unspecified atom stereocenters. The summed E-state index contributed by atoms with van der Waals surface area (Å²) < 4.78 is 18.0. The summed E-state index contributed by atoms with van der Waals surface area (Å²) >= 11 is 0. The molecule has 5 heteroatoms. The minimum Gasteiger partial charge on any atom is -0.378 e. The Labute approximate surface area is 187 Å². The van der Waals surface area contributed by atoms with Crippen molar-refractivity contribution in [2.45, 2.75) is 129 Å². The summed E-state index contributed by atoms with van der Waals surface area (Å²) in [5.41, 5.74) is 0. The Morgan fingerprint density at radius 1 is 0.600 bits per heavy atom. The molecule has 0 aliphatic rings. The second kappa shape index (κ2) is 23.5. The van der Waals surface area contributed by atoms with E-state index < -0.39 is 6.29 Å². The van der Waals surface area contributed by atoms with Crippen molar-refractivity contribution in [1.82, 2.24) is 5.32 Å². The van der Waals surface area contributed by atoms with Crippen LogP contribution in [0.25, 0.3) is 0 Å². The van der Waals surface area contributed by atoms with Crippen molar-refractivity contribution >= 4 is 0 Å². The van der Waals surface area contributed by atoms with Gasteiger partial charge in [0.05, 0.1) is 25.4 Å². The van der Waals surface area contributed by atoms with E-state index in [1.807, 2.05) is 7.05 Å². The highest BCUT2D eigenvalue weighted by atomic mass is 16.6. The molecule has 5 nitrogen and oxygen atoms in total. The van der Waals surface area contributed by atoms with E-state index in [9.17, 15) is 5.11 Å². The van der Waals surface area contributed by atoms with Crippen molar-refractivity contribution < 1.29 is 19.3 Å². The first-order valence-electron chi connectivity index (χ1n) is 12.8. The molecule has 0 spiro atoms. The van der Waals surface area contributed by atoms with Crippen molar-refractivity contribution in [3.8, 4) is 0 Å². The number of rotatable bonds is 24. The van der Waals surface area contributed by atoms with E-state index >= 15 is 0 Å². The van der Waals surface area contributed by atoms with Gasteiger partial charge in [0.2, 0.25) is 0 Å². The van der Waals surface area contributed by atoms with Crippen molar-refractivity contribution in [2.75, 3.05) is 33.4 Å². The second-order valence-corrected chi connectivity index (χ2v) is 8.48. The predicted octanol–water partition coefficient (Wildman–Crippen LogP) is 5.83. The van der Waals surface area contributed by atoms with Gasteiger partial charge in [-0.2, -0.15) is 0 Å². The standard InChI is InChI=1S/C25H53NO4/c1-5-8-11-14-23(18-21-30-25(27)16-13-10-7-3)28-20-17-24(15-12-9-6-2)29-22-19-26-4/h23-27H,5-22H2,1-4H3. The lowest BCUT2D eigenvalue weighted by Crippen LogP contribution is -2.24. The molecule has 0 aliphatic carbocycles. The Kier molecular flexibility index (Phi) is 23.3. The lowest BCUT2D eigenvalue weighted by molar-refractivity contribution is -0.113. The van der Waals surface area contributed by atoms with Gasteiger partial charge in [0, 0.05) is 13.2 Å². The van der Waals surface area contributed by atoms with Gasteiger partial charge in [-0.05, 0) is 45.6 Å². The highest BCUT2D eigenvalue weighted by Crippen LogP contribution is 2.15. The van der Waals surface area contributed by atoms with Gasteiger partial charge in [-0.1, -0.05) is 72.1 Å². The van der Waals surface area contributed by atoms with E-state index in [0.717, 1.165) is 71.1 Å². The first kappa shape index (κ1) is 29.8. The van der Waals surface area contributed by atoms with Crippen LogP contribution >= 0.6 is 0 Å². The number of aliphatic hydroxyl groups excluding tert-OH is 1. The number of likely N-dealkylation sites (N-methyl/N-ethyl adjacent to an activating group) is 1. The number of unbranched alkanes of at least 4 members (excludes halogenated alkanes) is 6. The maximum Gasteiger partial charge on any atom is 0.154 e. The molecule has 30 heavy (non-hydrogen) atoms. The lowest BCUT2D eigenvalue weighted by atomic mass is 10.1. The second-order valence-electron chi connectivity index (χ2n) is 8.48. The van der Waals surface area contributed by atoms with E-state index in [-0.39, 0.29) is 12.2 Å². The Balaban J connectivity index is 4.27. The Hall–Kier alpha value is -0.200. The van der Waals surface area contributed by atoms with E-state index in [1.54, 1.807) is 0 Å². The molecule has 3 atom stereocenters. The molecule has 0 aliphatic heterocycles. The quantitative estimate of drug-likeness (QED) is 0.149. The zero-order valence-corrected chi connectivity index (χ0v) is 20.6. The molecule has 0 rings (SSSR count). The molecule has 0 amide bonds. The molecule has 0 aromatic carbocycles. The largest absolute Gasteiger partial charge is 0.378 e. The SMILES string of the molecule is CCCCCC(O)OCCC(CCCCC)OCCC(CCCCC)OCCNC. The Morgan fingerprint density at radius 3 is 1.57 bits per heavy atom. The maximum atomic E-state index is 9.97. The normalized spacial score (nSPS) is 14.7. The predicted molar refractivity (Wildman–Crippen MR) is 127 cm³/mol. The van der Waals surface area contributed by atoms with Crippen LogP contribution in [0.1, 0.15) is 111 Å². The van der Waals surface area contributed by atoms with Crippen LogP contribution in [0.2, 0.25) is 0 Å². The first-order valence-corrected chi connectivity index (χ1v) is 12.8. The Bertz CT molecular complexity index is 320. The third kappa shape index (κ3) is 19.7. The van der Waals surface area contributed by atoms with Crippen LogP contribution in [0.15, 0.2) is 0 Å². The Morgan fingerprint density at radius 2 is 1.07 bits per heavy atom. The van der Waals surface area contributed by atoms with Crippen molar-refractivity contribution in [1.29, 1.82) is 0 Å². The van der Waals surface area contributed by atoms with Gasteiger partial charge >= 0.3 is 0 Å². The fraction of sp³-hybridized carbons (Fsp3) is 1.00. The summed E-state index contributed by atoms with van der Waals surface area (Å²) in [5.74, 6) is 0. The molecule has 0 saturated carbocycles. The fourth-order valence-corrected chi connectivity index (χ4v) is 3.55. The van der Waals surface area contributed by atoms with Gasteiger partial charge in [0.25, 0.3) is 0 Å². The van der Waals surface area contributed by atoms with Crippen LogP contribution in [-0.2, 0) is 14.2 Å². The summed E-state index contributed by atoms with van der Waals surface area (Å²) in [5, 5.41) is 13.1. The van der Waals surface area contributed by atoms with Crippen molar-refractivity contribution in [2.24, 2.45) is 0 Å². The van der Waals surface area contributed by atoms with Gasteiger partial charge in [-0.25, -0.2) is 0 Å². The van der Waals surface area contributed by atoms with E-state index in [4.69, 9.17) is 14.2 Å². The van der Waals surface area contributed by atoms with Crippen LogP contribution in [0.3, 0.4) is 0 Å². The van der Waals surface area contributed by atoms with E-state index in [2.05, 4.69) is 26.1 Å². The minimum atomic E-state index is -0.628. The molecule has 0 radical (unpaired) electrons. The minimum absolute atomic E-state index is 0.216. The molecule has 2 N–H and O–H groups in total. The summed E-state index contributed by atoms with van der Waals surface area (Å²) in [6.07, 6.45) is 15.4. The number of aliphatic hydroxyl groups is 1. The van der Waals surface area contributed by atoms with Gasteiger partial charge in [0.1, 0.15) is 0 Å². The third-order valence-corrected chi connectivity index (χ3v) is 5.56.